The lowest BCUT2D eigenvalue weighted by molar-refractivity contribution is 0.0505. The van der Waals surface area contributed by atoms with Crippen LogP contribution >= 0.6 is 0 Å². The van der Waals surface area contributed by atoms with Crippen LogP contribution in [0.1, 0.15) is 42.8 Å². The van der Waals surface area contributed by atoms with Crippen LogP contribution in [0.25, 0.3) is 0 Å². The molecule has 0 unspecified atom stereocenters. The summed E-state index contributed by atoms with van der Waals surface area (Å²) in [5, 5.41) is 15.5. The molecular formula is C12H18N6O2. The molecule has 0 radical (unpaired) electrons. The van der Waals surface area contributed by atoms with Crippen LogP contribution in [0.5, 0.6) is 0 Å². The van der Waals surface area contributed by atoms with Gasteiger partial charge in [0.2, 0.25) is 0 Å². The zero-order valence-electron chi connectivity index (χ0n) is 11.9. The number of ether oxygens (including phenoxy) is 1. The SMILES string of the molecule is CCOC(=O)c1nnnn1Cc1cc(CC)nn1CC. The van der Waals surface area contributed by atoms with Crippen molar-refractivity contribution < 1.29 is 9.53 Å². The molecule has 20 heavy (non-hydrogen) atoms. The van der Waals surface area contributed by atoms with Crippen molar-refractivity contribution in [2.24, 2.45) is 0 Å². The molecule has 0 saturated heterocycles. The van der Waals surface area contributed by atoms with E-state index in [1.807, 2.05) is 24.6 Å². The van der Waals surface area contributed by atoms with Gasteiger partial charge in [-0.3, -0.25) is 4.68 Å². The molecule has 0 aromatic carbocycles. The molecule has 2 aromatic heterocycles. The summed E-state index contributed by atoms with van der Waals surface area (Å²) in [6, 6.07) is 2.00. The van der Waals surface area contributed by atoms with Crippen LogP contribution < -0.4 is 0 Å². The van der Waals surface area contributed by atoms with E-state index < -0.39 is 5.97 Å². The van der Waals surface area contributed by atoms with Crippen molar-refractivity contribution in [3.8, 4) is 0 Å². The van der Waals surface area contributed by atoms with Crippen LogP contribution in [0.15, 0.2) is 6.07 Å². The van der Waals surface area contributed by atoms with E-state index >= 15 is 0 Å². The van der Waals surface area contributed by atoms with Crippen molar-refractivity contribution in [1.29, 1.82) is 0 Å². The van der Waals surface area contributed by atoms with Gasteiger partial charge in [-0.25, -0.2) is 9.48 Å². The minimum absolute atomic E-state index is 0.105. The van der Waals surface area contributed by atoms with Gasteiger partial charge in [-0.05, 0) is 36.8 Å². The number of esters is 1. The topological polar surface area (TPSA) is 87.7 Å². The van der Waals surface area contributed by atoms with Gasteiger partial charge in [-0.1, -0.05) is 6.92 Å². The monoisotopic (exact) mass is 278 g/mol. The molecule has 0 aliphatic heterocycles. The summed E-state index contributed by atoms with van der Waals surface area (Å²) in [7, 11) is 0. The Morgan fingerprint density at radius 1 is 1.30 bits per heavy atom. The highest BCUT2D eigenvalue weighted by molar-refractivity contribution is 5.85. The molecule has 0 atom stereocenters. The fraction of sp³-hybridized carbons (Fsp3) is 0.583. The van der Waals surface area contributed by atoms with Crippen LogP contribution in [-0.2, 0) is 24.2 Å². The molecule has 0 saturated carbocycles. The molecule has 0 aliphatic rings. The van der Waals surface area contributed by atoms with Crippen LogP contribution in [-0.4, -0.2) is 42.6 Å². The summed E-state index contributed by atoms with van der Waals surface area (Å²) in [4.78, 5) is 11.7. The number of hydrogen-bond donors (Lipinski definition) is 0. The summed E-state index contributed by atoms with van der Waals surface area (Å²) < 4.78 is 8.24. The standard InChI is InChI=1S/C12H18N6O2/c1-4-9-7-10(17(5-2)14-9)8-18-11(13-15-16-18)12(19)20-6-3/h7H,4-6,8H2,1-3H3. The zero-order chi connectivity index (χ0) is 14.5. The van der Waals surface area contributed by atoms with Crippen molar-refractivity contribution in [2.75, 3.05) is 6.61 Å². The van der Waals surface area contributed by atoms with Crippen molar-refractivity contribution in [2.45, 2.75) is 40.3 Å². The van der Waals surface area contributed by atoms with Crippen molar-refractivity contribution >= 4 is 5.97 Å². The molecular weight excluding hydrogens is 260 g/mol. The summed E-state index contributed by atoms with van der Waals surface area (Å²) >= 11 is 0. The van der Waals surface area contributed by atoms with Gasteiger partial charge in [0, 0.05) is 6.54 Å². The Morgan fingerprint density at radius 2 is 2.10 bits per heavy atom. The van der Waals surface area contributed by atoms with Gasteiger partial charge in [0.1, 0.15) is 0 Å². The Hall–Kier alpha value is -2.25. The minimum atomic E-state index is -0.518. The molecule has 0 bridgehead atoms. The predicted octanol–water partition coefficient (Wildman–Crippen LogP) is 0.677. The van der Waals surface area contributed by atoms with Crippen LogP contribution in [0.3, 0.4) is 0 Å². The molecule has 0 N–H and O–H groups in total. The van der Waals surface area contributed by atoms with Crippen molar-refractivity contribution in [1.82, 2.24) is 30.0 Å². The summed E-state index contributed by atoms with van der Waals surface area (Å²) in [6.45, 7) is 7.24. The highest BCUT2D eigenvalue weighted by Crippen LogP contribution is 2.08. The van der Waals surface area contributed by atoms with Crippen LogP contribution in [0, 0.1) is 0 Å². The fourth-order valence-corrected chi connectivity index (χ4v) is 1.90. The average Bonchev–Trinajstić information content (AvgIpc) is 3.06. The number of carbonyl (C=O) groups excluding carboxylic acids is 1. The zero-order valence-corrected chi connectivity index (χ0v) is 11.9. The minimum Gasteiger partial charge on any atom is -0.460 e. The lowest BCUT2D eigenvalue weighted by Gasteiger charge is -2.06. The lowest BCUT2D eigenvalue weighted by Crippen LogP contribution is -2.17. The normalized spacial score (nSPS) is 10.8. The summed E-state index contributed by atoms with van der Waals surface area (Å²) in [5.41, 5.74) is 1.97. The maximum absolute atomic E-state index is 11.7. The van der Waals surface area contributed by atoms with Gasteiger partial charge in [0.05, 0.1) is 24.5 Å². The number of nitrogens with zero attached hydrogens (tertiary/aromatic N) is 6. The molecule has 108 valence electrons. The third kappa shape index (κ3) is 2.84. The van der Waals surface area contributed by atoms with E-state index in [-0.39, 0.29) is 5.82 Å². The van der Waals surface area contributed by atoms with Gasteiger partial charge in [0.15, 0.2) is 0 Å². The maximum Gasteiger partial charge on any atom is 0.378 e. The van der Waals surface area contributed by atoms with Crippen molar-refractivity contribution in [3.63, 3.8) is 0 Å². The molecule has 8 heteroatoms. The second kappa shape index (κ2) is 6.27. The second-order valence-corrected chi connectivity index (χ2v) is 4.18. The highest BCUT2D eigenvalue weighted by Gasteiger charge is 2.18. The molecule has 2 aromatic rings. The van der Waals surface area contributed by atoms with E-state index in [0.29, 0.717) is 13.2 Å². The number of aryl methyl sites for hydroxylation is 2. The Kier molecular flexibility index (Phi) is 4.44. The van der Waals surface area contributed by atoms with Crippen LogP contribution in [0.2, 0.25) is 0 Å². The number of hydrogen-bond acceptors (Lipinski definition) is 6. The average molecular weight is 278 g/mol. The van der Waals surface area contributed by atoms with Gasteiger partial charge < -0.3 is 4.74 Å². The first-order valence-corrected chi connectivity index (χ1v) is 6.68. The molecule has 8 nitrogen and oxygen atoms in total. The third-order valence-corrected chi connectivity index (χ3v) is 2.88. The highest BCUT2D eigenvalue weighted by atomic mass is 16.5. The molecule has 2 heterocycles. The van der Waals surface area contributed by atoms with E-state index in [2.05, 4.69) is 20.6 Å². The summed E-state index contributed by atoms with van der Waals surface area (Å²) in [5.74, 6) is -0.412. The van der Waals surface area contributed by atoms with Gasteiger partial charge in [-0.15, -0.1) is 5.10 Å². The molecule has 0 spiro atoms. The maximum atomic E-state index is 11.7. The Bertz CT molecular complexity index is 589. The molecule has 0 aliphatic carbocycles. The number of aromatic nitrogens is 6. The summed E-state index contributed by atoms with van der Waals surface area (Å²) in [6.07, 6.45) is 0.861. The largest absolute Gasteiger partial charge is 0.460 e. The molecule has 2 rings (SSSR count). The van der Waals surface area contributed by atoms with Gasteiger partial charge >= 0.3 is 5.97 Å². The molecule has 0 fully saturated rings. The predicted molar refractivity (Wildman–Crippen MR) is 70.2 cm³/mol. The van der Waals surface area contributed by atoms with Crippen LogP contribution in [0.4, 0.5) is 0 Å². The van der Waals surface area contributed by atoms with E-state index in [9.17, 15) is 4.79 Å². The van der Waals surface area contributed by atoms with E-state index in [1.165, 1.54) is 4.68 Å². The van der Waals surface area contributed by atoms with Crippen molar-refractivity contribution in [3.05, 3.63) is 23.3 Å². The first-order chi connectivity index (χ1) is 9.69. The van der Waals surface area contributed by atoms with E-state index in [0.717, 1.165) is 24.4 Å². The van der Waals surface area contributed by atoms with E-state index in [1.54, 1.807) is 6.92 Å². The fourth-order valence-electron chi connectivity index (χ4n) is 1.90. The van der Waals surface area contributed by atoms with Gasteiger partial charge in [0.25, 0.3) is 5.82 Å². The first kappa shape index (κ1) is 14.2. The number of tetrazole rings is 1. The number of rotatable bonds is 6. The quantitative estimate of drug-likeness (QED) is 0.722. The lowest BCUT2D eigenvalue weighted by atomic mass is 10.3. The third-order valence-electron chi connectivity index (χ3n) is 2.88. The Morgan fingerprint density at radius 3 is 2.75 bits per heavy atom. The Labute approximate surface area is 116 Å². The number of carbonyl (C=O) groups is 1. The first-order valence-electron chi connectivity index (χ1n) is 6.68. The van der Waals surface area contributed by atoms with Gasteiger partial charge in [-0.2, -0.15) is 5.10 Å². The second-order valence-electron chi connectivity index (χ2n) is 4.18. The Balaban J connectivity index is 2.24. The smallest absolute Gasteiger partial charge is 0.378 e. The van der Waals surface area contributed by atoms with E-state index in [4.69, 9.17) is 4.74 Å². The molecule has 0 amide bonds.